The molecular formula is C15H14BrCl2NO. The summed E-state index contributed by atoms with van der Waals surface area (Å²) in [6.07, 6.45) is 0. The topological polar surface area (TPSA) is 21.3 Å². The fourth-order valence-electron chi connectivity index (χ4n) is 1.94. The van der Waals surface area contributed by atoms with Gasteiger partial charge in [-0.25, -0.2) is 0 Å². The van der Waals surface area contributed by atoms with E-state index in [2.05, 4.69) is 21.2 Å². The van der Waals surface area contributed by atoms with Gasteiger partial charge in [0.15, 0.2) is 0 Å². The van der Waals surface area contributed by atoms with Crippen LogP contribution in [0.3, 0.4) is 0 Å². The molecule has 1 unspecified atom stereocenters. The van der Waals surface area contributed by atoms with Crippen molar-refractivity contribution >= 4 is 44.8 Å². The molecule has 0 bridgehead atoms. The van der Waals surface area contributed by atoms with Crippen molar-refractivity contribution in [3.63, 3.8) is 0 Å². The summed E-state index contributed by atoms with van der Waals surface area (Å²) in [6, 6.07) is 11.4. The molecule has 0 amide bonds. The van der Waals surface area contributed by atoms with E-state index >= 15 is 0 Å². The van der Waals surface area contributed by atoms with Gasteiger partial charge in [0.05, 0.1) is 11.6 Å². The molecule has 0 radical (unpaired) electrons. The Kier molecular flexibility index (Phi) is 5.19. The predicted octanol–water partition coefficient (Wildman–Crippen LogP) is 5.94. The second-order valence-electron chi connectivity index (χ2n) is 4.38. The molecule has 0 aromatic heterocycles. The van der Waals surface area contributed by atoms with Crippen molar-refractivity contribution in [2.75, 3.05) is 12.4 Å². The standard InChI is InChI=1S/C15H14BrCl2NO/c1-9(12-5-3-10(17)7-14(12)18)19-11-4-6-15(20-2)13(16)8-11/h3-9,19H,1-2H3. The van der Waals surface area contributed by atoms with Crippen LogP contribution < -0.4 is 10.1 Å². The third-order valence-corrected chi connectivity index (χ3v) is 4.15. The Hall–Kier alpha value is -0.900. The summed E-state index contributed by atoms with van der Waals surface area (Å²) in [5, 5.41) is 4.69. The van der Waals surface area contributed by atoms with Gasteiger partial charge < -0.3 is 10.1 Å². The minimum absolute atomic E-state index is 0.0695. The zero-order valence-electron chi connectivity index (χ0n) is 11.1. The van der Waals surface area contributed by atoms with Gasteiger partial charge in [-0.2, -0.15) is 0 Å². The van der Waals surface area contributed by atoms with Gasteiger partial charge >= 0.3 is 0 Å². The van der Waals surface area contributed by atoms with Gasteiger partial charge in [0.2, 0.25) is 0 Å². The maximum absolute atomic E-state index is 6.22. The molecule has 106 valence electrons. The van der Waals surface area contributed by atoms with Crippen molar-refractivity contribution in [2.45, 2.75) is 13.0 Å². The lowest BCUT2D eigenvalue weighted by Crippen LogP contribution is -2.07. The molecule has 0 heterocycles. The normalized spacial score (nSPS) is 12.1. The smallest absolute Gasteiger partial charge is 0.133 e. The molecule has 0 spiro atoms. The monoisotopic (exact) mass is 373 g/mol. The highest BCUT2D eigenvalue weighted by molar-refractivity contribution is 9.10. The summed E-state index contributed by atoms with van der Waals surface area (Å²) >= 11 is 15.6. The van der Waals surface area contributed by atoms with Crippen LogP contribution in [0.15, 0.2) is 40.9 Å². The fraction of sp³-hybridized carbons (Fsp3) is 0.200. The molecule has 2 nitrogen and oxygen atoms in total. The van der Waals surface area contributed by atoms with Crippen LogP contribution in [0, 0.1) is 0 Å². The average Bonchev–Trinajstić information content (AvgIpc) is 2.38. The number of halogens is 3. The maximum atomic E-state index is 6.22. The molecule has 0 aliphatic rings. The van der Waals surface area contributed by atoms with E-state index < -0.39 is 0 Å². The SMILES string of the molecule is COc1ccc(NC(C)c2ccc(Cl)cc2Cl)cc1Br. The van der Waals surface area contributed by atoms with Crippen LogP contribution in [0.5, 0.6) is 5.75 Å². The van der Waals surface area contributed by atoms with Gasteiger partial charge in [-0.15, -0.1) is 0 Å². The lowest BCUT2D eigenvalue weighted by atomic mass is 10.1. The molecule has 0 saturated heterocycles. The minimum atomic E-state index is 0.0695. The number of hydrogen-bond acceptors (Lipinski definition) is 2. The number of benzene rings is 2. The van der Waals surface area contributed by atoms with Gasteiger partial charge in [-0.3, -0.25) is 0 Å². The zero-order chi connectivity index (χ0) is 14.7. The van der Waals surface area contributed by atoms with E-state index in [4.69, 9.17) is 27.9 Å². The number of hydrogen-bond donors (Lipinski definition) is 1. The molecule has 0 aliphatic carbocycles. The van der Waals surface area contributed by atoms with Crippen molar-refractivity contribution in [2.24, 2.45) is 0 Å². The Balaban J connectivity index is 2.18. The van der Waals surface area contributed by atoms with E-state index in [0.29, 0.717) is 10.0 Å². The molecule has 0 fully saturated rings. The predicted molar refractivity (Wildman–Crippen MR) is 89.2 cm³/mol. The molecule has 1 N–H and O–H groups in total. The molecule has 0 saturated carbocycles. The second-order valence-corrected chi connectivity index (χ2v) is 6.08. The minimum Gasteiger partial charge on any atom is -0.496 e. The molecule has 2 aromatic rings. The Morgan fingerprint density at radius 1 is 1.15 bits per heavy atom. The molecule has 2 rings (SSSR count). The van der Waals surface area contributed by atoms with E-state index in [1.165, 1.54) is 0 Å². The summed E-state index contributed by atoms with van der Waals surface area (Å²) in [6.45, 7) is 2.05. The first kappa shape index (κ1) is 15.5. The van der Waals surface area contributed by atoms with E-state index in [-0.39, 0.29) is 6.04 Å². The van der Waals surface area contributed by atoms with Gasteiger partial charge in [-0.1, -0.05) is 29.3 Å². The molecular weight excluding hydrogens is 361 g/mol. The third-order valence-electron chi connectivity index (χ3n) is 2.96. The van der Waals surface area contributed by atoms with Crippen LogP contribution in [0.2, 0.25) is 10.0 Å². The highest BCUT2D eigenvalue weighted by atomic mass is 79.9. The van der Waals surface area contributed by atoms with Crippen molar-refractivity contribution in [3.8, 4) is 5.75 Å². The Bertz CT molecular complexity index is 619. The molecule has 2 aromatic carbocycles. The Morgan fingerprint density at radius 3 is 2.50 bits per heavy atom. The van der Waals surface area contributed by atoms with Crippen molar-refractivity contribution in [1.82, 2.24) is 0 Å². The summed E-state index contributed by atoms with van der Waals surface area (Å²) in [5.74, 6) is 0.799. The Morgan fingerprint density at radius 2 is 1.90 bits per heavy atom. The van der Waals surface area contributed by atoms with E-state index in [1.54, 1.807) is 13.2 Å². The van der Waals surface area contributed by atoms with Gasteiger partial charge in [0.1, 0.15) is 5.75 Å². The molecule has 5 heteroatoms. The van der Waals surface area contributed by atoms with E-state index in [1.807, 2.05) is 37.3 Å². The number of ether oxygens (including phenoxy) is 1. The second kappa shape index (κ2) is 6.70. The largest absolute Gasteiger partial charge is 0.496 e. The molecule has 0 aliphatic heterocycles. The first-order valence-corrected chi connectivity index (χ1v) is 7.61. The summed E-state index contributed by atoms with van der Waals surface area (Å²) in [4.78, 5) is 0. The van der Waals surface area contributed by atoms with Crippen LogP contribution in [-0.4, -0.2) is 7.11 Å². The van der Waals surface area contributed by atoms with Crippen molar-refractivity contribution in [3.05, 3.63) is 56.5 Å². The first-order valence-electron chi connectivity index (χ1n) is 6.06. The highest BCUT2D eigenvalue weighted by Gasteiger charge is 2.11. The summed E-state index contributed by atoms with van der Waals surface area (Å²) in [7, 11) is 1.64. The first-order chi connectivity index (χ1) is 9.51. The number of rotatable bonds is 4. The highest BCUT2D eigenvalue weighted by Crippen LogP contribution is 2.31. The zero-order valence-corrected chi connectivity index (χ0v) is 14.2. The van der Waals surface area contributed by atoms with Crippen molar-refractivity contribution in [1.29, 1.82) is 0 Å². The quantitative estimate of drug-likeness (QED) is 0.715. The van der Waals surface area contributed by atoms with Crippen LogP contribution in [0.1, 0.15) is 18.5 Å². The van der Waals surface area contributed by atoms with E-state index in [0.717, 1.165) is 21.5 Å². The van der Waals surface area contributed by atoms with Crippen LogP contribution in [-0.2, 0) is 0 Å². The van der Waals surface area contributed by atoms with Gasteiger partial charge in [0, 0.05) is 21.8 Å². The van der Waals surface area contributed by atoms with Gasteiger partial charge in [-0.05, 0) is 58.7 Å². The molecule has 1 atom stereocenters. The van der Waals surface area contributed by atoms with Crippen molar-refractivity contribution < 1.29 is 4.74 Å². The number of methoxy groups -OCH3 is 1. The Labute approximate surface area is 137 Å². The number of nitrogens with one attached hydrogen (secondary N) is 1. The molecule has 20 heavy (non-hydrogen) atoms. The summed E-state index contributed by atoms with van der Waals surface area (Å²) in [5.41, 5.74) is 1.99. The van der Waals surface area contributed by atoms with Crippen LogP contribution >= 0.6 is 39.1 Å². The lowest BCUT2D eigenvalue weighted by molar-refractivity contribution is 0.412. The average molecular weight is 375 g/mol. The van der Waals surface area contributed by atoms with E-state index in [9.17, 15) is 0 Å². The number of anilines is 1. The summed E-state index contributed by atoms with van der Waals surface area (Å²) < 4.78 is 6.11. The maximum Gasteiger partial charge on any atom is 0.133 e. The van der Waals surface area contributed by atoms with Gasteiger partial charge in [0.25, 0.3) is 0 Å². The van der Waals surface area contributed by atoms with Crippen LogP contribution in [0.4, 0.5) is 5.69 Å². The fourth-order valence-corrected chi connectivity index (χ4v) is 3.05. The lowest BCUT2D eigenvalue weighted by Gasteiger charge is -2.18. The van der Waals surface area contributed by atoms with Crippen LogP contribution in [0.25, 0.3) is 0 Å². The third kappa shape index (κ3) is 3.60.